The first-order chi connectivity index (χ1) is 19.4. The lowest BCUT2D eigenvalue weighted by Crippen LogP contribution is -2.25. The Morgan fingerprint density at radius 2 is 1.48 bits per heavy atom. The molecule has 7 rings (SSSR count). The molecule has 0 saturated heterocycles. The van der Waals surface area contributed by atoms with E-state index in [1.807, 2.05) is 24.4 Å². The Bertz CT molecular complexity index is 2040. The monoisotopic (exact) mass is 524 g/mol. The molecule has 0 atom stereocenters. The zero-order valence-electron chi connectivity index (χ0n) is 23.0. The Morgan fingerprint density at radius 3 is 2.33 bits per heavy atom. The maximum Gasteiger partial charge on any atom is 0.249 e. The molecule has 4 heterocycles. The van der Waals surface area contributed by atoms with Crippen molar-refractivity contribution in [3.05, 3.63) is 115 Å². The zero-order chi connectivity index (χ0) is 27.4. The summed E-state index contributed by atoms with van der Waals surface area (Å²) in [5.74, 6) is 2.15. The molecule has 3 aromatic carbocycles. The molecule has 0 aliphatic rings. The van der Waals surface area contributed by atoms with Gasteiger partial charge in [-0.05, 0) is 53.4 Å². The Labute approximate surface area is 232 Å². The topological polar surface area (TPSA) is 48.8 Å². The average molecular weight is 525 g/mol. The summed E-state index contributed by atoms with van der Waals surface area (Å²) in [6.45, 7) is 6.67. The van der Waals surface area contributed by atoms with Gasteiger partial charge in [-0.15, -0.1) is 0 Å². The second-order valence-corrected chi connectivity index (χ2v) is 11.2. The number of ether oxygens (including phenoxy) is 1. The van der Waals surface area contributed by atoms with Crippen LogP contribution in [0.1, 0.15) is 26.3 Å². The predicted molar refractivity (Wildman–Crippen MR) is 160 cm³/mol. The van der Waals surface area contributed by atoms with Crippen LogP contribution in [0.5, 0.6) is 11.6 Å². The Hall–Kier alpha value is -4.97. The molecule has 0 unspecified atom stereocenters. The van der Waals surface area contributed by atoms with Crippen LogP contribution in [0.4, 0.5) is 0 Å². The molecule has 6 nitrogen and oxygen atoms in total. The van der Waals surface area contributed by atoms with E-state index in [9.17, 15) is 0 Å². The van der Waals surface area contributed by atoms with Gasteiger partial charge in [-0.3, -0.25) is 4.57 Å². The van der Waals surface area contributed by atoms with Crippen molar-refractivity contribution in [2.24, 2.45) is 7.05 Å². The normalized spacial score (nSPS) is 12.0. The van der Waals surface area contributed by atoms with Gasteiger partial charge in [0.05, 0.1) is 18.1 Å². The van der Waals surface area contributed by atoms with Crippen LogP contribution in [0.25, 0.3) is 44.3 Å². The highest BCUT2D eigenvalue weighted by atomic mass is 16.5. The first-order valence-corrected chi connectivity index (χ1v) is 13.5. The molecule has 0 radical (unpaired) electrons. The number of para-hydroxylation sites is 3. The molecule has 0 aliphatic carbocycles. The molecule has 40 heavy (non-hydrogen) atoms. The van der Waals surface area contributed by atoms with Crippen LogP contribution in [0.2, 0.25) is 0 Å². The van der Waals surface area contributed by atoms with Crippen LogP contribution in [-0.4, -0.2) is 19.1 Å². The summed E-state index contributed by atoms with van der Waals surface area (Å²) in [6.07, 6.45) is 5.76. The van der Waals surface area contributed by atoms with Crippen molar-refractivity contribution >= 4 is 32.8 Å². The maximum absolute atomic E-state index is 6.37. The minimum Gasteiger partial charge on any atom is -0.439 e. The number of hydrogen-bond acceptors (Lipinski definition) is 3. The van der Waals surface area contributed by atoms with Gasteiger partial charge < -0.3 is 4.74 Å². The van der Waals surface area contributed by atoms with E-state index in [1.54, 1.807) is 6.20 Å². The lowest BCUT2D eigenvalue weighted by molar-refractivity contribution is -0.645. The Morgan fingerprint density at radius 1 is 0.725 bits per heavy atom. The molecule has 0 spiro atoms. The first-order valence-electron chi connectivity index (χ1n) is 13.5. The molecule has 6 heteroatoms. The SMILES string of the molecule is C[n+]1cn(-c2ccnc(Oc3ccc4c5ccccc5n(-c5cc(C(C)(C)C)ccn5)c4c3)c2)c2ccccc21. The largest absolute Gasteiger partial charge is 0.439 e. The fourth-order valence-electron chi connectivity index (χ4n) is 5.46. The van der Waals surface area contributed by atoms with Crippen molar-refractivity contribution < 1.29 is 9.30 Å². The van der Waals surface area contributed by atoms with Gasteiger partial charge in [-0.1, -0.05) is 51.1 Å². The summed E-state index contributed by atoms with van der Waals surface area (Å²) in [6, 6.07) is 31.3. The second kappa shape index (κ2) is 9.06. The molecule has 0 N–H and O–H groups in total. The van der Waals surface area contributed by atoms with E-state index in [0.29, 0.717) is 5.88 Å². The van der Waals surface area contributed by atoms with Crippen LogP contribution in [0, 0.1) is 0 Å². The van der Waals surface area contributed by atoms with Crippen LogP contribution < -0.4 is 9.30 Å². The number of rotatable bonds is 4. The number of aryl methyl sites for hydroxylation is 1. The minimum atomic E-state index is 0.0174. The van der Waals surface area contributed by atoms with Crippen LogP contribution in [0.3, 0.4) is 0 Å². The number of aromatic nitrogens is 5. The van der Waals surface area contributed by atoms with E-state index in [-0.39, 0.29) is 5.41 Å². The van der Waals surface area contributed by atoms with Gasteiger partial charge in [-0.2, -0.15) is 4.57 Å². The number of fused-ring (bicyclic) bond motifs is 4. The van der Waals surface area contributed by atoms with Gasteiger partial charge in [-0.25, -0.2) is 14.5 Å². The third-order valence-electron chi connectivity index (χ3n) is 7.51. The number of imidazole rings is 1. The molecule has 4 aromatic heterocycles. The third-order valence-corrected chi connectivity index (χ3v) is 7.51. The lowest BCUT2D eigenvalue weighted by atomic mass is 9.88. The molecular weight excluding hydrogens is 494 g/mol. The molecule has 196 valence electrons. The van der Waals surface area contributed by atoms with E-state index in [1.165, 1.54) is 10.9 Å². The predicted octanol–water partition coefficient (Wildman–Crippen LogP) is 7.43. The molecule has 0 aliphatic heterocycles. The average Bonchev–Trinajstić information content (AvgIpc) is 3.47. The summed E-state index contributed by atoms with van der Waals surface area (Å²) in [5.41, 5.74) is 6.67. The van der Waals surface area contributed by atoms with Gasteiger partial charge in [0, 0.05) is 41.4 Å². The van der Waals surface area contributed by atoms with E-state index in [4.69, 9.17) is 9.72 Å². The van der Waals surface area contributed by atoms with Crippen molar-refractivity contribution in [2.75, 3.05) is 0 Å². The standard InChI is InChI=1S/C34H30N5O/c1-34(2,3)23-15-17-35-32(19-23)39-28-10-6-5-9-26(28)27-14-13-25(21-31(27)39)40-33-20-24(16-18-36-33)38-22-37(4)29-11-7-8-12-30(29)38/h5-22H,1-4H3/q+1. The van der Waals surface area contributed by atoms with Gasteiger partial charge in [0.15, 0.2) is 11.0 Å². The van der Waals surface area contributed by atoms with E-state index in [2.05, 4.69) is 126 Å². The van der Waals surface area contributed by atoms with Crippen molar-refractivity contribution in [3.8, 4) is 23.1 Å². The van der Waals surface area contributed by atoms with Crippen LogP contribution in [-0.2, 0) is 12.5 Å². The Kier molecular flexibility index (Phi) is 5.46. The molecule has 7 aromatic rings. The number of nitrogens with zero attached hydrogens (tertiary/aromatic N) is 5. The van der Waals surface area contributed by atoms with Gasteiger partial charge >= 0.3 is 0 Å². The summed E-state index contributed by atoms with van der Waals surface area (Å²) in [7, 11) is 2.05. The highest BCUT2D eigenvalue weighted by molar-refractivity contribution is 6.09. The van der Waals surface area contributed by atoms with Crippen molar-refractivity contribution in [2.45, 2.75) is 26.2 Å². The maximum atomic E-state index is 6.37. The van der Waals surface area contributed by atoms with Crippen molar-refractivity contribution in [3.63, 3.8) is 0 Å². The first kappa shape index (κ1) is 24.1. The fourth-order valence-corrected chi connectivity index (χ4v) is 5.46. The number of hydrogen-bond donors (Lipinski definition) is 0. The lowest BCUT2D eigenvalue weighted by Gasteiger charge is -2.20. The van der Waals surface area contributed by atoms with Crippen molar-refractivity contribution in [1.29, 1.82) is 0 Å². The summed E-state index contributed by atoms with van der Waals surface area (Å²) in [5, 5.41) is 2.33. The molecular formula is C34H30N5O+. The summed E-state index contributed by atoms with van der Waals surface area (Å²) >= 11 is 0. The van der Waals surface area contributed by atoms with Crippen LogP contribution >= 0.6 is 0 Å². The molecule has 0 amide bonds. The quantitative estimate of drug-likeness (QED) is 0.225. The molecule has 0 fully saturated rings. The molecule has 0 saturated carbocycles. The fraction of sp³-hybridized carbons (Fsp3) is 0.147. The summed E-state index contributed by atoms with van der Waals surface area (Å²) in [4.78, 5) is 9.31. The molecule has 0 bridgehead atoms. The zero-order valence-corrected chi connectivity index (χ0v) is 23.0. The summed E-state index contributed by atoms with van der Waals surface area (Å²) < 4.78 is 12.9. The van der Waals surface area contributed by atoms with Gasteiger partial charge in [0.2, 0.25) is 12.2 Å². The van der Waals surface area contributed by atoms with E-state index in [0.717, 1.165) is 44.7 Å². The highest BCUT2D eigenvalue weighted by Gasteiger charge is 2.19. The van der Waals surface area contributed by atoms with Crippen LogP contribution in [0.15, 0.2) is 110 Å². The smallest absolute Gasteiger partial charge is 0.249 e. The Balaban J connectivity index is 1.33. The highest BCUT2D eigenvalue weighted by Crippen LogP contribution is 2.35. The second-order valence-electron chi connectivity index (χ2n) is 11.2. The third kappa shape index (κ3) is 4.00. The van der Waals surface area contributed by atoms with Gasteiger partial charge in [0.1, 0.15) is 17.3 Å². The number of pyridine rings is 2. The van der Waals surface area contributed by atoms with E-state index >= 15 is 0 Å². The van der Waals surface area contributed by atoms with Gasteiger partial charge in [0.25, 0.3) is 0 Å². The van der Waals surface area contributed by atoms with Crippen molar-refractivity contribution in [1.82, 2.24) is 19.1 Å². The number of benzene rings is 3. The minimum absolute atomic E-state index is 0.0174. The van der Waals surface area contributed by atoms with E-state index < -0.39 is 0 Å².